The number of halogens is 3. The molecule has 0 unspecified atom stereocenters. The van der Waals surface area contributed by atoms with E-state index >= 15 is 0 Å². The fourth-order valence-corrected chi connectivity index (χ4v) is 2.74. The van der Waals surface area contributed by atoms with Crippen molar-refractivity contribution >= 4 is 64.2 Å². The average Bonchev–Trinajstić information content (AvgIpc) is 3.16. The highest BCUT2D eigenvalue weighted by Crippen LogP contribution is 2.25. The van der Waals surface area contributed by atoms with Crippen LogP contribution in [0, 0.1) is 0 Å². The lowest BCUT2D eigenvalue weighted by molar-refractivity contribution is -0.136. The van der Waals surface area contributed by atoms with Crippen LogP contribution in [-0.4, -0.2) is 18.0 Å². The molecule has 2 N–H and O–H groups in total. The molecule has 0 aliphatic carbocycles. The Morgan fingerprint density at radius 3 is 2.48 bits per heavy atom. The zero-order valence-corrected chi connectivity index (χ0v) is 17.1. The molecule has 1 heterocycles. The topological polar surface area (TPSA) is 83.7 Å². The number of furan rings is 1. The second-order valence-corrected chi connectivity index (χ2v) is 7.00. The fraction of sp³-hybridized carbons (Fsp3) is 0.0500. The van der Waals surface area contributed by atoms with Crippen molar-refractivity contribution in [1.82, 2.24) is 5.32 Å². The Kier molecular flexibility index (Phi) is 6.93. The summed E-state index contributed by atoms with van der Waals surface area (Å²) in [6.45, 7) is 0.0353. The Morgan fingerprint density at radius 1 is 0.931 bits per heavy atom. The van der Waals surface area contributed by atoms with Crippen molar-refractivity contribution in [3.8, 4) is 0 Å². The minimum absolute atomic E-state index is 0.0353. The SMILES string of the molecule is O=C(NCc1ccc(C=Nc2ccccc2Cl)o1)C(=O)Nc1ccc(Cl)c(Cl)c1. The molecule has 29 heavy (non-hydrogen) atoms. The first-order valence-electron chi connectivity index (χ1n) is 8.34. The number of rotatable bonds is 5. The normalized spacial score (nSPS) is 10.9. The van der Waals surface area contributed by atoms with Crippen molar-refractivity contribution in [2.45, 2.75) is 6.54 Å². The smallest absolute Gasteiger partial charge is 0.313 e. The molecule has 0 radical (unpaired) electrons. The van der Waals surface area contributed by atoms with Crippen molar-refractivity contribution in [3.05, 3.63) is 81.2 Å². The number of nitrogens with one attached hydrogen (secondary N) is 2. The van der Waals surface area contributed by atoms with E-state index < -0.39 is 11.8 Å². The molecule has 3 aromatic rings. The summed E-state index contributed by atoms with van der Waals surface area (Å²) in [5.74, 6) is -0.718. The molecule has 0 atom stereocenters. The number of nitrogens with zero attached hydrogens (tertiary/aromatic N) is 1. The van der Waals surface area contributed by atoms with Crippen LogP contribution in [0.15, 0.2) is 64.0 Å². The van der Waals surface area contributed by atoms with Gasteiger partial charge >= 0.3 is 11.8 Å². The third-order valence-electron chi connectivity index (χ3n) is 3.67. The molecule has 0 saturated heterocycles. The second-order valence-electron chi connectivity index (χ2n) is 5.78. The molecule has 6 nitrogen and oxygen atoms in total. The minimum atomic E-state index is -0.838. The Bertz CT molecular complexity index is 1080. The lowest BCUT2D eigenvalue weighted by Gasteiger charge is -2.06. The van der Waals surface area contributed by atoms with Gasteiger partial charge in [-0.3, -0.25) is 14.6 Å². The van der Waals surface area contributed by atoms with Gasteiger partial charge in [0.25, 0.3) is 0 Å². The van der Waals surface area contributed by atoms with Crippen LogP contribution in [0.3, 0.4) is 0 Å². The van der Waals surface area contributed by atoms with Gasteiger partial charge < -0.3 is 15.1 Å². The maximum absolute atomic E-state index is 12.0. The van der Waals surface area contributed by atoms with E-state index in [1.165, 1.54) is 24.4 Å². The van der Waals surface area contributed by atoms with Gasteiger partial charge in [0.15, 0.2) is 0 Å². The van der Waals surface area contributed by atoms with Crippen LogP contribution in [0.25, 0.3) is 0 Å². The van der Waals surface area contributed by atoms with Crippen LogP contribution in [0.4, 0.5) is 11.4 Å². The van der Waals surface area contributed by atoms with Gasteiger partial charge in [-0.15, -0.1) is 0 Å². The zero-order chi connectivity index (χ0) is 20.8. The summed E-state index contributed by atoms with van der Waals surface area (Å²) < 4.78 is 5.55. The summed E-state index contributed by atoms with van der Waals surface area (Å²) in [5.41, 5.74) is 0.968. The van der Waals surface area contributed by atoms with E-state index in [2.05, 4.69) is 15.6 Å². The molecule has 0 spiro atoms. The Hall–Kier alpha value is -2.80. The highest BCUT2D eigenvalue weighted by Gasteiger charge is 2.14. The van der Waals surface area contributed by atoms with Crippen LogP contribution in [0.5, 0.6) is 0 Å². The van der Waals surface area contributed by atoms with E-state index in [1.54, 1.807) is 24.3 Å². The fourth-order valence-electron chi connectivity index (χ4n) is 2.26. The van der Waals surface area contributed by atoms with Crippen LogP contribution in [-0.2, 0) is 16.1 Å². The minimum Gasteiger partial charge on any atom is -0.458 e. The van der Waals surface area contributed by atoms with E-state index in [9.17, 15) is 9.59 Å². The van der Waals surface area contributed by atoms with Crippen LogP contribution < -0.4 is 10.6 Å². The molecule has 3 rings (SSSR count). The van der Waals surface area contributed by atoms with Gasteiger partial charge in [-0.2, -0.15) is 0 Å². The highest BCUT2D eigenvalue weighted by molar-refractivity contribution is 6.43. The van der Waals surface area contributed by atoms with Gasteiger partial charge in [0.05, 0.1) is 33.5 Å². The molecular weight excluding hydrogens is 437 g/mol. The highest BCUT2D eigenvalue weighted by atomic mass is 35.5. The lowest BCUT2D eigenvalue weighted by Crippen LogP contribution is -2.34. The van der Waals surface area contributed by atoms with Crippen molar-refractivity contribution in [3.63, 3.8) is 0 Å². The van der Waals surface area contributed by atoms with Crippen molar-refractivity contribution < 1.29 is 14.0 Å². The maximum Gasteiger partial charge on any atom is 0.313 e. The van der Waals surface area contributed by atoms with Crippen molar-refractivity contribution in [2.24, 2.45) is 4.99 Å². The number of hydrogen-bond donors (Lipinski definition) is 2. The zero-order valence-electron chi connectivity index (χ0n) is 14.8. The number of aliphatic imine (C=N–C) groups is 1. The summed E-state index contributed by atoms with van der Waals surface area (Å²) in [7, 11) is 0. The Labute approximate surface area is 181 Å². The molecule has 148 valence electrons. The van der Waals surface area contributed by atoms with Gasteiger partial charge in [0.2, 0.25) is 0 Å². The number of amides is 2. The van der Waals surface area contributed by atoms with Crippen molar-refractivity contribution in [1.29, 1.82) is 0 Å². The third kappa shape index (κ3) is 5.84. The molecule has 2 aromatic carbocycles. The first kappa shape index (κ1) is 20.9. The largest absolute Gasteiger partial charge is 0.458 e. The number of carbonyl (C=O) groups is 2. The summed E-state index contributed by atoms with van der Waals surface area (Å²) in [6.07, 6.45) is 1.52. The second kappa shape index (κ2) is 9.60. The summed E-state index contributed by atoms with van der Waals surface area (Å²) in [6, 6.07) is 15.0. The predicted molar refractivity (Wildman–Crippen MR) is 114 cm³/mol. The van der Waals surface area contributed by atoms with Crippen LogP contribution in [0.1, 0.15) is 11.5 Å². The van der Waals surface area contributed by atoms with Gasteiger partial charge in [0.1, 0.15) is 11.5 Å². The van der Waals surface area contributed by atoms with Gasteiger partial charge in [-0.05, 0) is 42.5 Å². The van der Waals surface area contributed by atoms with Gasteiger partial charge in [-0.1, -0.05) is 46.9 Å². The van der Waals surface area contributed by atoms with E-state index in [-0.39, 0.29) is 11.6 Å². The quantitative estimate of drug-likeness (QED) is 0.411. The molecular formula is C20H14Cl3N3O3. The maximum atomic E-state index is 12.0. The molecule has 0 aliphatic rings. The molecule has 0 saturated carbocycles. The monoisotopic (exact) mass is 449 g/mol. The molecule has 0 aliphatic heterocycles. The average molecular weight is 451 g/mol. The predicted octanol–water partition coefficient (Wildman–Crippen LogP) is 5.25. The van der Waals surface area contributed by atoms with E-state index in [0.717, 1.165) is 0 Å². The standard InChI is InChI=1S/C20H14Cl3N3O3/c21-15-8-5-12(9-17(15)23)26-20(28)19(27)25-11-14-7-6-13(29-14)10-24-18-4-2-1-3-16(18)22/h1-10H,11H2,(H,25,27)(H,26,28). The molecule has 0 bridgehead atoms. The number of anilines is 1. The number of benzene rings is 2. The Balaban J connectivity index is 1.53. The lowest BCUT2D eigenvalue weighted by atomic mass is 10.3. The van der Waals surface area contributed by atoms with Gasteiger partial charge in [0, 0.05) is 5.69 Å². The summed E-state index contributed by atoms with van der Waals surface area (Å²) >= 11 is 17.7. The van der Waals surface area contributed by atoms with Gasteiger partial charge in [-0.25, -0.2) is 0 Å². The summed E-state index contributed by atoms with van der Waals surface area (Å²) in [4.78, 5) is 28.2. The van der Waals surface area contributed by atoms with E-state index in [0.29, 0.717) is 32.9 Å². The number of carbonyl (C=O) groups excluding carboxylic acids is 2. The number of hydrogen-bond acceptors (Lipinski definition) is 4. The van der Waals surface area contributed by atoms with E-state index in [1.807, 2.05) is 12.1 Å². The first-order chi connectivity index (χ1) is 13.9. The molecule has 9 heteroatoms. The summed E-state index contributed by atoms with van der Waals surface area (Å²) in [5, 5.41) is 6.05. The van der Waals surface area contributed by atoms with E-state index in [4.69, 9.17) is 39.2 Å². The molecule has 2 amide bonds. The van der Waals surface area contributed by atoms with Crippen LogP contribution in [0.2, 0.25) is 15.1 Å². The first-order valence-corrected chi connectivity index (χ1v) is 9.47. The Morgan fingerprint density at radius 2 is 1.72 bits per heavy atom. The molecule has 0 fully saturated rings. The van der Waals surface area contributed by atoms with Crippen LogP contribution >= 0.6 is 34.8 Å². The third-order valence-corrected chi connectivity index (χ3v) is 4.73. The molecule has 1 aromatic heterocycles. The van der Waals surface area contributed by atoms with Crippen molar-refractivity contribution in [2.75, 3.05) is 5.32 Å². The number of para-hydroxylation sites is 1.